The van der Waals surface area contributed by atoms with Gasteiger partial charge in [-0.1, -0.05) is 6.07 Å². The molecule has 2 rings (SSSR count). The predicted octanol–water partition coefficient (Wildman–Crippen LogP) is 1.26. The topological polar surface area (TPSA) is 99.1 Å². The van der Waals surface area contributed by atoms with Gasteiger partial charge in [-0.2, -0.15) is 13.2 Å². The maximum atomic E-state index is 11.2. The largest absolute Gasteiger partial charge is 0.492 e. The lowest BCUT2D eigenvalue weighted by Crippen LogP contribution is -2.21. The van der Waals surface area contributed by atoms with Gasteiger partial charge in [0.25, 0.3) is 5.91 Å². The number of nitrogens with zero attached hydrogens (tertiary/aromatic N) is 1. The van der Waals surface area contributed by atoms with Crippen LogP contribution in [0.3, 0.4) is 0 Å². The summed E-state index contributed by atoms with van der Waals surface area (Å²) < 4.78 is 37.3. The molecule has 0 saturated heterocycles. The van der Waals surface area contributed by atoms with Gasteiger partial charge in [-0.05, 0) is 19.2 Å². The van der Waals surface area contributed by atoms with Gasteiger partial charge in [-0.3, -0.25) is 14.9 Å². The lowest BCUT2D eigenvalue weighted by Gasteiger charge is -2.11. The van der Waals surface area contributed by atoms with Crippen molar-refractivity contribution in [1.29, 1.82) is 0 Å². The number of carbonyl (C=O) groups excluding carboxylic acids is 1. The number of benzene rings is 1. The highest BCUT2D eigenvalue weighted by molar-refractivity contribution is 5.93. The van der Waals surface area contributed by atoms with E-state index in [9.17, 15) is 18.0 Å². The molecule has 0 aromatic heterocycles. The van der Waals surface area contributed by atoms with E-state index in [4.69, 9.17) is 19.8 Å². The van der Waals surface area contributed by atoms with Crippen molar-refractivity contribution in [1.82, 2.24) is 10.4 Å². The Morgan fingerprint density at radius 1 is 1.35 bits per heavy atom. The monoisotopic (exact) mass is 336 g/mol. The zero-order valence-electron chi connectivity index (χ0n) is 12.1. The first kappa shape index (κ1) is 18.7. The Morgan fingerprint density at radius 3 is 2.48 bits per heavy atom. The smallest absolute Gasteiger partial charge is 0.490 e. The Kier molecular flexibility index (Phi) is 6.34. The van der Waals surface area contributed by atoms with Crippen molar-refractivity contribution in [3.05, 3.63) is 29.3 Å². The molecule has 10 heteroatoms. The molecule has 0 bridgehead atoms. The SMILES string of the molecule is CN1CCOc2cc(C(=O)NO)ccc2C1.O=C(O)C(F)(F)F. The standard InChI is InChI=1S/C11H14N2O3.C2HF3O2/c1-13-4-5-16-10-6-8(11(14)12-15)2-3-9(10)7-13;3-2(4,5)1(6)7/h2-3,6,15H,4-5,7H2,1H3,(H,12,14);(H,6,7). The van der Waals surface area contributed by atoms with Crippen molar-refractivity contribution in [2.75, 3.05) is 20.2 Å². The summed E-state index contributed by atoms with van der Waals surface area (Å²) in [6.45, 7) is 2.26. The molecule has 1 aromatic carbocycles. The number of fused-ring (bicyclic) bond motifs is 1. The first-order valence-electron chi connectivity index (χ1n) is 6.34. The van der Waals surface area contributed by atoms with Crippen LogP contribution in [0.5, 0.6) is 5.75 Å². The van der Waals surface area contributed by atoms with Gasteiger partial charge in [0.1, 0.15) is 12.4 Å². The number of hydroxylamine groups is 1. The molecule has 0 radical (unpaired) electrons. The van der Waals surface area contributed by atoms with Crippen LogP contribution in [-0.4, -0.2) is 53.5 Å². The number of carboxylic acid groups (broad SMARTS) is 1. The van der Waals surface area contributed by atoms with Gasteiger partial charge in [-0.25, -0.2) is 10.3 Å². The van der Waals surface area contributed by atoms with E-state index in [2.05, 4.69) is 4.90 Å². The van der Waals surface area contributed by atoms with E-state index in [-0.39, 0.29) is 0 Å². The summed E-state index contributed by atoms with van der Waals surface area (Å²) in [5.41, 5.74) is 3.05. The summed E-state index contributed by atoms with van der Waals surface area (Å²) >= 11 is 0. The average molecular weight is 336 g/mol. The minimum Gasteiger partial charge on any atom is -0.492 e. The van der Waals surface area contributed by atoms with Crippen molar-refractivity contribution >= 4 is 11.9 Å². The number of rotatable bonds is 1. The Hall–Kier alpha value is -2.33. The summed E-state index contributed by atoms with van der Waals surface area (Å²) in [6, 6.07) is 5.18. The number of ether oxygens (including phenoxy) is 1. The first-order valence-corrected chi connectivity index (χ1v) is 6.34. The van der Waals surface area contributed by atoms with Crippen LogP contribution >= 0.6 is 0 Å². The Bertz CT molecular complexity index is 577. The second-order valence-electron chi connectivity index (χ2n) is 4.65. The minimum absolute atomic E-state index is 0.394. The van der Waals surface area contributed by atoms with E-state index >= 15 is 0 Å². The third-order valence-corrected chi connectivity index (χ3v) is 2.84. The van der Waals surface area contributed by atoms with Gasteiger partial charge in [0.15, 0.2) is 0 Å². The third-order valence-electron chi connectivity index (χ3n) is 2.84. The number of hydrogen-bond donors (Lipinski definition) is 3. The molecule has 1 heterocycles. The summed E-state index contributed by atoms with van der Waals surface area (Å²) in [7, 11) is 2.02. The molecule has 1 aliphatic heterocycles. The van der Waals surface area contributed by atoms with Crippen LogP contribution in [0.1, 0.15) is 15.9 Å². The minimum atomic E-state index is -5.08. The van der Waals surface area contributed by atoms with E-state index in [1.54, 1.807) is 17.6 Å². The molecule has 0 aliphatic carbocycles. The van der Waals surface area contributed by atoms with E-state index in [0.717, 1.165) is 18.7 Å². The molecule has 0 saturated carbocycles. The van der Waals surface area contributed by atoms with Crippen LogP contribution in [0, 0.1) is 0 Å². The van der Waals surface area contributed by atoms with Crippen LogP contribution in [0.25, 0.3) is 0 Å². The van der Waals surface area contributed by atoms with Crippen LogP contribution < -0.4 is 10.2 Å². The number of nitrogens with one attached hydrogen (secondary N) is 1. The fraction of sp³-hybridized carbons (Fsp3) is 0.385. The highest BCUT2D eigenvalue weighted by atomic mass is 19.4. The zero-order chi connectivity index (χ0) is 17.6. The maximum Gasteiger partial charge on any atom is 0.490 e. The second-order valence-corrected chi connectivity index (χ2v) is 4.65. The van der Waals surface area contributed by atoms with E-state index < -0.39 is 18.1 Å². The molecule has 3 N–H and O–H groups in total. The average Bonchev–Trinajstić information content (AvgIpc) is 2.65. The Balaban J connectivity index is 0.000000322. The van der Waals surface area contributed by atoms with Crippen molar-refractivity contribution in [3.63, 3.8) is 0 Å². The molecule has 7 nitrogen and oxygen atoms in total. The number of halogens is 3. The third kappa shape index (κ3) is 5.75. The Labute approximate surface area is 129 Å². The van der Waals surface area contributed by atoms with Gasteiger partial charge >= 0.3 is 12.1 Å². The number of carboxylic acids is 1. The molecular weight excluding hydrogens is 321 g/mol. The predicted molar refractivity (Wildman–Crippen MR) is 71.2 cm³/mol. The van der Waals surface area contributed by atoms with Crippen molar-refractivity contribution < 1.29 is 37.8 Å². The van der Waals surface area contributed by atoms with E-state index in [1.165, 1.54) is 0 Å². The quantitative estimate of drug-likeness (QED) is 0.527. The number of likely N-dealkylation sites (N-methyl/N-ethyl adjacent to an activating group) is 1. The number of hydrogen-bond acceptors (Lipinski definition) is 5. The number of aliphatic carboxylic acids is 1. The van der Waals surface area contributed by atoms with Crippen LogP contribution in [0.15, 0.2) is 18.2 Å². The number of alkyl halides is 3. The van der Waals surface area contributed by atoms with Crippen LogP contribution in [-0.2, 0) is 11.3 Å². The molecule has 128 valence electrons. The number of carbonyl (C=O) groups is 2. The van der Waals surface area contributed by atoms with Crippen LogP contribution in [0.2, 0.25) is 0 Å². The van der Waals surface area contributed by atoms with Gasteiger partial charge < -0.3 is 9.84 Å². The molecule has 0 atom stereocenters. The first-order chi connectivity index (χ1) is 10.6. The molecular formula is C13H15F3N2O5. The highest BCUT2D eigenvalue weighted by Gasteiger charge is 2.38. The molecule has 1 amide bonds. The highest BCUT2D eigenvalue weighted by Crippen LogP contribution is 2.24. The van der Waals surface area contributed by atoms with Crippen molar-refractivity contribution in [2.45, 2.75) is 12.7 Å². The summed E-state index contributed by atoms with van der Waals surface area (Å²) in [5.74, 6) is -2.57. The second kappa shape index (κ2) is 7.79. The fourth-order valence-corrected chi connectivity index (χ4v) is 1.71. The lowest BCUT2D eigenvalue weighted by molar-refractivity contribution is -0.192. The van der Waals surface area contributed by atoms with Crippen molar-refractivity contribution in [2.24, 2.45) is 0 Å². The molecule has 23 heavy (non-hydrogen) atoms. The summed E-state index contributed by atoms with van der Waals surface area (Å²) in [6.07, 6.45) is -5.08. The molecule has 0 unspecified atom stereocenters. The zero-order valence-corrected chi connectivity index (χ0v) is 12.1. The van der Waals surface area contributed by atoms with Gasteiger partial charge in [-0.15, -0.1) is 0 Å². The molecule has 1 aliphatic rings. The summed E-state index contributed by atoms with van der Waals surface area (Å²) in [5, 5.41) is 15.7. The fourth-order valence-electron chi connectivity index (χ4n) is 1.71. The molecule has 1 aromatic rings. The maximum absolute atomic E-state index is 11.2. The molecule has 0 spiro atoms. The lowest BCUT2D eigenvalue weighted by atomic mass is 10.1. The normalized spacial score (nSPS) is 14.5. The van der Waals surface area contributed by atoms with Crippen molar-refractivity contribution in [3.8, 4) is 5.75 Å². The van der Waals surface area contributed by atoms with Gasteiger partial charge in [0, 0.05) is 24.2 Å². The van der Waals surface area contributed by atoms with E-state index in [0.29, 0.717) is 17.9 Å². The van der Waals surface area contributed by atoms with E-state index in [1.807, 2.05) is 13.1 Å². The number of amides is 1. The van der Waals surface area contributed by atoms with Gasteiger partial charge in [0.2, 0.25) is 0 Å². The Morgan fingerprint density at radius 2 is 1.96 bits per heavy atom. The van der Waals surface area contributed by atoms with Crippen LogP contribution in [0.4, 0.5) is 13.2 Å². The van der Waals surface area contributed by atoms with Gasteiger partial charge in [0.05, 0.1) is 0 Å². The summed E-state index contributed by atoms with van der Waals surface area (Å²) in [4.78, 5) is 22.3. The molecule has 0 fully saturated rings.